The second-order valence-corrected chi connectivity index (χ2v) is 11.0. The molecule has 0 atom stereocenters. The number of amides is 1. The predicted molar refractivity (Wildman–Crippen MR) is 137 cm³/mol. The van der Waals surface area contributed by atoms with Gasteiger partial charge in [-0.2, -0.15) is 0 Å². The summed E-state index contributed by atoms with van der Waals surface area (Å²) < 4.78 is 34.3. The van der Waals surface area contributed by atoms with Crippen LogP contribution in [0.25, 0.3) is 10.8 Å². The van der Waals surface area contributed by atoms with Crippen LogP contribution in [0.3, 0.4) is 0 Å². The number of sulfonamides is 1. The summed E-state index contributed by atoms with van der Waals surface area (Å²) in [6.07, 6.45) is 2.03. The molecule has 0 unspecified atom stereocenters. The zero-order chi connectivity index (χ0) is 24.4. The van der Waals surface area contributed by atoms with E-state index in [4.69, 9.17) is 4.74 Å². The molecule has 1 aromatic heterocycles. The standard InChI is InChI=1S/C25H24N4O4S2/c1-2-33-20-14-12-19(13-15-20)26-23(30)16-29(25-28-27-24(34-25)18-10-11-18)35(31,32)22-9-5-7-17-6-3-4-8-21(17)22/h3-9,12-15,18H,2,10-11,16H2,1H3,(H,26,30). The molecular weight excluding hydrogens is 484 g/mol. The number of aromatic nitrogens is 2. The monoisotopic (exact) mass is 508 g/mol. The number of nitrogens with one attached hydrogen (secondary N) is 1. The first-order valence-corrected chi connectivity index (χ1v) is 13.6. The fraction of sp³-hybridized carbons (Fsp3) is 0.240. The Morgan fingerprint density at radius 1 is 1.06 bits per heavy atom. The first kappa shape index (κ1) is 23.3. The lowest BCUT2D eigenvalue weighted by molar-refractivity contribution is -0.114. The molecule has 0 bridgehead atoms. The summed E-state index contributed by atoms with van der Waals surface area (Å²) in [5.41, 5.74) is 0.539. The van der Waals surface area contributed by atoms with Crippen molar-refractivity contribution in [2.45, 2.75) is 30.6 Å². The summed E-state index contributed by atoms with van der Waals surface area (Å²) in [6, 6.07) is 19.3. The van der Waals surface area contributed by atoms with E-state index >= 15 is 0 Å². The van der Waals surface area contributed by atoms with Crippen LogP contribution in [0.2, 0.25) is 0 Å². The molecule has 0 aliphatic heterocycles. The number of hydrogen-bond donors (Lipinski definition) is 1. The highest BCUT2D eigenvalue weighted by molar-refractivity contribution is 7.93. The summed E-state index contributed by atoms with van der Waals surface area (Å²) in [4.78, 5) is 13.1. The third-order valence-electron chi connectivity index (χ3n) is 5.62. The molecule has 0 radical (unpaired) electrons. The van der Waals surface area contributed by atoms with E-state index in [1.807, 2.05) is 25.1 Å². The number of hydrogen-bond acceptors (Lipinski definition) is 7. The van der Waals surface area contributed by atoms with Gasteiger partial charge in [-0.25, -0.2) is 12.7 Å². The molecule has 5 rings (SSSR count). The molecule has 4 aromatic rings. The van der Waals surface area contributed by atoms with Gasteiger partial charge in [-0.05, 0) is 55.5 Å². The lowest BCUT2D eigenvalue weighted by atomic mass is 10.1. The predicted octanol–water partition coefficient (Wildman–Crippen LogP) is 4.80. The van der Waals surface area contributed by atoms with Crippen LogP contribution in [0.4, 0.5) is 10.8 Å². The number of rotatable bonds is 9. The summed E-state index contributed by atoms with van der Waals surface area (Å²) in [5.74, 6) is 0.523. The molecule has 1 fully saturated rings. The van der Waals surface area contributed by atoms with Gasteiger partial charge in [0.25, 0.3) is 10.0 Å². The Morgan fingerprint density at radius 2 is 1.80 bits per heavy atom. The third-order valence-corrected chi connectivity index (χ3v) is 8.64. The van der Waals surface area contributed by atoms with Gasteiger partial charge in [-0.1, -0.05) is 47.7 Å². The van der Waals surface area contributed by atoms with Crippen molar-refractivity contribution in [1.29, 1.82) is 0 Å². The van der Waals surface area contributed by atoms with Crippen LogP contribution in [0.5, 0.6) is 5.75 Å². The Bertz CT molecular complexity index is 1460. The van der Waals surface area contributed by atoms with E-state index in [0.717, 1.165) is 27.5 Å². The van der Waals surface area contributed by atoms with Crippen LogP contribution in [-0.2, 0) is 14.8 Å². The first-order chi connectivity index (χ1) is 17.0. The van der Waals surface area contributed by atoms with Crippen LogP contribution < -0.4 is 14.4 Å². The zero-order valence-corrected chi connectivity index (χ0v) is 20.7. The van der Waals surface area contributed by atoms with Crippen LogP contribution in [-0.4, -0.2) is 37.7 Å². The lowest BCUT2D eigenvalue weighted by Crippen LogP contribution is -2.38. The fourth-order valence-electron chi connectivity index (χ4n) is 3.75. The molecule has 0 spiro atoms. The van der Waals surface area contributed by atoms with Crippen LogP contribution in [0.1, 0.15) is 30.7 Å². The maximum Gasteiger partial charge on any atom is 0.267 e. The quantitative estimate of drug-likeness (QED) is 0.348. The fourth-order valence-corrected chi connectivity index (χ4v) is 6.56. The molecule has 35 heavy (non-hydrogen) atoms. The van der Waals surface area contributed by atoms with E-state index < -0.39 is 22.5 Å². The normalized spacial score (nSPS) is 13.5. The van der Waals surface area contributed by atoms with E-state index in [1.54, 1.807) is 48.5 Å². The van der Waals surface area contributed by atoms with Gasteiger partial charge in [-0.15, -0.1) is 10.2 Å². The Morgan fingerprint density at radius 3 is 2.54 bits per heavy atom. The SMILES string of the molecule is CCOc1ccc(NC(=O)CN(c2nnc(C3CC3)s2)S(=O)(=O)c2cccc3ccccc23)cc1. The molecule has 180 valence electrons. The average molecular weight is 509 g/mol. The number of ether oxygens (including phenoxy) is 1. The minimum absolute atomic E-state index is 0.118. The van der Waals surface area contributed by atoms with Gasteiger partial charge < -0.3 is 10.1 Å². The molecule has 8 nitrogen and oxygen atoms in total. The number of anilines is 2. The molecule has 10 heteroatoms. The van der Waals surface area contributed by atoms with Crippen LogP contribution in [0.15, 0.2) is 71.6 Å². The molecule has 1 aliphatic carbocycles. The summed E-state index contributed by atoms with van der Waals surface area (Å²) >= 11 is 1.22. The number of carbonyl (C=O) groups excluding carboxylic acids is 1. The number of benzene rings is 3. The third kappa shape index (κ3) is 4.98. The van der Waals surface area contributed by atoms with E-state index in [2.05, 4.69) is 15.5 Å². The first-order valence-electron chi connectivity index (χ1n) is 11.3. The summed E-state index contributed by atoms with van der Waals surface area (Å²) in [5, 5.41) is 13.5. The van der Waals surface area contributed by atoms with Gasteiger partial charge in [0.2, 0.25) is 11.0 Å². The van der Waals surface area contributed by atoms with Gasteiger partial charge >= 0.3 is 0 Å². The minimum Gasteiger partial charge on any atom is -0.494 e. The number of nitrogens with zero attached hydrogens (tertiary/aromatic N) is 3. The smallest absolute Gasteiger partial charge is 0.267 e. The number of carbonyl (C=O) groups is 1. The minimum atomic E-state index is -4.11. The second-order valence-electron chi connectivity index (χ2n) is 8.19. The molecule has 1 saturated carbocycles. The van der Waals surface area contributed by atoms with Crippen molar-refractivity contribution >= 4 is 48.9 Å². The van der Waals surface area contributed by atoms with Gasteiger partial charge in [0, 0.05) is 17.0 Å². The molecule has 3 aromatic carbocycles. The van der Waals surface area contributed by atoms with Gasteiger partial charge in [0.05, 0.1) is 11.5 Å². The van der Waals surface area contributed by atoms with Crippen molar-refractivity contribution in [3.8, 4) is 5.75 Å². The lowest BCUT2D eigenvalue weighted by Gasteiger charge is -2.21. The summed E-state index contributed by atoms with van der Waals surface area (Å²) in [7, 11) is -4.11. The molecule has 1 heterocycles. The van der Waals surface area contributed by atoms with Crippen molar-refractivity contribution < 1.29 is 17.9 Å². The highest BCUT2D eigenvalue weighted by Gasteiger charge is 2.34. The van der Waals surface area contributed by atoms with E-state index in [-0.39, 0.29) is 10.0 Å². The largest absolute Gasteiger partial charge is 0.494 e. The highest BCUT2D eigenvalue weighted by atomic mass is 32.2. The van der Waals surface area contributed by atoms with Gasteiger partial charge in [0.15, 0.2) is 0 Å². The van der Waals surface area contributed by atoms with Crippen molar-refractivity contribution in [3.63, 3.8) is 0 Å². The number of fused-ring (bicyclic) bond motifs is 1. The Balaban J connectivity index is 1.47. The maximum absolute atomic E-state index is 13.9. The molecule has 1 aliphatic rings. The Labute approximate surface area is 207 Å². The van der Waals surface area contributed by atoms with Crippen molar-refractivity contribution in [2.75, 3.05) is 22.8 Å². The Hall–Kier alpha value is -3.50. The maximum atomic E-state index is 13.9. The molecule has 1 amide bonds. The van der Waals surface area contributed by atoms with Crippen molar-refractivity contribution in [2.24, 2.45) is 0 Å². The van der Waals surface area contributed by atoms with Crippen molar-refractivity contribution in [3.05, 3.63) is 71.7 Å². The highest BCUT2D eigenvalue weighted by Crippen LogP contribution is 2.43. The summed E-state index contributed by atoms with van der Waals surface area (Å²) in [6.45, 7) is 2.00. The average Bonchev–Trinajstić information content (AvgIpc) is 3.60. The molecule has 1 N–H and O–H groups in total. The van der Waals surface area contributed by atoms with Crippen LogP contribution in [0, 0.1) is 0 Å². The van der Waals surface area contributed by atoms with Gasteiger partial charge in [-0.3, -0.25) is 4.79 Å². The Kier molecular flexibility index (Phi) is 6.40. The molecular formula is C25H24N4O4S2. The van der Waals surface area contributed by atoms with Crippen molar-refractivity contribution in [1.82, 2.24) is 10.2 Å². The molecule has 0 saturated heterocycles. The van der Waals surface area contributed by atoms with E-state index in [1.165, 1.54) is 11.3 Å². The second kappa shape index (κ2) is 9.63. The van der Waals surface area contributed by atoms with E-state index in [9.17, 15) is 13.2 Å². The zero-order valence-electron chi connectivity index (χ0n) is 19.0. The van der Waals surface area contributed by atoms with Gasteiger partial charge in [0.1, 0.15) is 17.3 Å². The van der Waals surface area contributed by atoms with E-state index in [0.29, 0.717) is 29.3 Å². The topological polar surface area (TPSA) is 101 Å². The van der Waals surface area contributed by atoms with Crippen LogP contribution >= 0.6 is 11.3 Å².